The molecule has 122 valence electrons. The first kappa shape index (κ1) is 15.5. The molecule has 22 heavy (non-hydrogen) atoms. The minimum atomic E-state index is -3.69. The smallest absolute Gasteiger partial charge is 0.273 e. The Morgan fingerprint density at radius 2 is 2.14 bits per heavy atom. The van der Waals surface area contributed by atoms with Gasteiger partial charge < -0.3 is 15.1 Å². The first-order chi connectivity index (χ1) is 10.3. The van der Waals surface area contributed by atoms with E-state index in [-0.39, 0.29) is 17.0 Å². The predicted molar refractivity (Wildman–Crippen MR) is 79.8 cm³/mol. The molecule has 1 saturated heterocycles. The van der Waals surface area contributed by atoms with Crippen molar-refractivity contribution in [3.63, 3.8) is 0 Å². The van der Waals surface area contributed by atoms with Crippen LogP contribution in [-0.4, -0.2) is 45.4 Å². The lowest BCUT2D eigenvalue weighted by atomic mass is 9.98. The van der Waals surface area contributed by atoms with Gasteiger partial charge in [-0.2, -0.15) is 0 Å². The lowest BCUT2D eigenvalue weighted by molar-refractivity contribution is 0.0778. The Morgan fingerprint density at radius 1 is 1.41 bits per heavy atom. The van der Waals surface area contributed by atoms with E-state index in [1.165, 1.54) is 13.1 Å². The number of furan rings is 1. The van der Waals surface area contributed by atoms with Crippen molar-refractivity contribution in [3.05, 3.63) is 17.4 Å². The second-order valence-corrected chi connectivity index (χ2v) is 7.94. The summed E-state index contributed by atoms with van der Waals surface area (Å²) in [7, 11) is -2.38. The molecule has 8 heteroatoms. The van der Waals surface area contributed by atoms with Crippen LogP contribution >= 0.6 is 0 Å². The first-order valence-corrected chi connectivity index (χ1v) is 8.90. The number of rotatable bonds is 3. The normalized spacial score (nSPS) is 28.1. The molecule has 0 spiro atoms. The summed E-state index contributed by atoms with van der Waals surface area (Å²) < 4.78 is 31.0. The maximum absolute atomic E-state index is 12.6. The summed E-state index contributed by atoms with van der Waals surface area (Å²) in [6.45, 7) is 2.93. The van der Waals surface area contributed by atoms with Crippen molar-refractivity contribution in [2.45, 2.75) is 30.9 Å². The lowest BCUT2D eigenvalue weighted by Gasteiger charge is -2.18. The van der Waals surface area contributed by atoms with Crippen molar-refractivity contribution >= 4 is 15.9 Å². The van der Waals surface area contributed by atoms with Crippen molar-refractivity contribution < 1.29 is 17.6 Å². The third kappa shape index (κ3) is 2.45. The van der Waals surface area contributed by atoms with E-state index in [4.69, 9.17) is 10.2 Å². The molecule has 0 radical (unpaired) electrons. The van der Waals surface area contributed by atoms with Crippen LogP contribution in [0.3, 0.4) is 0 Å². The Morgan fingerprint density at radius 3 is 2.77 bits per heavy atom. The molecule has 7 nitrogen and oxygen atoms in total. The van der Waals surface area contributed by atoms with Crippen LogP contribution in [0, 0.1) is 18.8 Å². The van der Waals surface area contributed by atoms with Crippen LogP contribution in [0.15, 0.2) is 15.6 Å². The van der Waals surface area contributed by atoms with E-state index in [9.17, 15) is 13.2 Å². The summed E-state index contributed by atoms with van der Waals surface area (Å²) in [5.41, 5.74) is 6.39. The molecular weight excluding hydrogens is 306 g/mol. The number of hydrogen-bond donors (Lipinski definition) is 2. The maximum Gasteiger partial charge on any atom is 0.273 e. The monoisotopic (exact) mass is 327 g/mol. The Balaban J connectivity index is 1.82. The molecule has 1 saturated carbocycles. The highest BCUT2D eigenvalue weighted by molar-refractivity contribution is 7.89. The number of carbonyl (C=O) groups is 1. The number of hydrogen-bond acceptors (Lipinski definition) is 5. The van der Waals surface area contributed by atoms with Gasteiger partial charge in [-0.1, -0.05) is 0 Å². The molecule has 1 aliphatic carbocycles. The number of carbonyl (C=O) groups excluding carboxylic acids is 1. The average molecular weight is 327 g/mol. The topological polar surface area (TPSA) is 106 Å². The standard InChI is InChI=1S/C14H21N3O4S/c1-8-10(5-13(21-8)22(19,20)16-2)14(18)17-6-9-3-4-12(15)11(9)7-17/h5,9,11-12,16H,3-4,6-7,15H2,1-2H3. The molecule has 3 rings (SSSR count). The quantitative estimate of drug-likeness (QED) is 0.831. The number of amides is 1. The zero-order valence-electron chi connectivity index (χ0n) is 12.7. The van der Waals surface area contributed by atoms with Crippen molar-refractivity contribution in [3.8, 4) is 0 Å². The molecule has 1 aromatic heterocycles. The molecule has 3 N–H and O–H groups in total. The largest absolute Gasteiger partial charge is 0.448 e. The van der Waals surface area contributed by atoms with Crippen LogP contribution in [0.2, 0.25) is 0 Å². The van der Waals surface area contributed by atoms with Gasteiger partial charge in [0.2, 0.25) is 5.09 Å². The van der Waals surface area contributed by atoms with Crippen LogP contribution in [0.25, 0.3) is 0 Å². The Kier molecular flexibility index (Phi) is 3.78. The second kappa shape index (κ2) is 5.36. The molecule has 3 unspecified atom stereocenters. The Labute approximate surface area is 129 Å². The van der Waals surface area contributed by atoms with Gasteiger partial charge in [-0.3, -0.25) is 4.79 Å². The fourth-order valence-electron chi connectivity index (χ4n) is 3.54. The first-order valence-electron chi connectivity index (χ1n) is 7.42. The number of fused-ring (bicyclic) bond motifs is 1. The molecule has 2 aliphatic rings. The van der Waals surface area contributed by atoms with E-state index < -0.39 is 10.0 Å². The van der Waals surface area contributed by atoms with Crippen LogP contribution in [0.4, 0.5) is 0 Å². The summed E-state index contributed by atoms with van der Waals surface area (Å²) in [6.07, 6.45) is 2.08. The van der Waals surface area contributed by atoms with E-state index in [1.807, 2.05) is 0 Å². The minimum Gasteiger partial charge on any atom is -0.448 e. The maximum atomic E-state index is 12.6. The van der Waals surface area contributed by atoms with Gasteiger partial charge in [-0.25, -0.2) is 13.1 Å². The fraction of sp³-hybridized carbons (Fsp3) is 0.643. The van der Waals surface area contributed by atoms with E-state index in [2.05, 4.69) is 4.72 Å². The SMILES string of the molecule is CNS(=O)(=O)c1cc(C(=O)N2CC3CCC(N)C3C2)c(C)o1. The highest BCUT2D eigenvalue weighted by Crippen LogP contribution is 2.38. The highest BCUT2D eigenvalue weighted by atomic mass is 32.2. The van der Waals surface area contributed by atoms with Gasteiger partial charge >= 0.3 is 0 Å². The number of sulfonamides is 1. The van der Waals surface area contributed by atoms with Gasteiger partial charge in [-0.05, 0) is 38.6 Å². The lowest BCUT2D eigenvalue weighted by Crippen LogP contribution is -2.33. The summed E-state index contributed by atoms with van der Waals surface area (Å²) in [5.74, 6) is 0.962. The van der Waals surface area contributed by atoms with Crippen molar-refractivity contribution in [2.24, 2.45) is 17.6 Å². The summed E-state index contributed by atoms with van der Waals surface area (Å²) >= 11 is 0. The zero-order valence-corrected chi connectivity index (χ0v) is 13.5. The Hall–Kier alpha value is -1.38. The third-order valence-corrected chi connectivity index (χ3v) is 6.13. The van der Waals surface area contributed by atoms with Crippen molar-refractivity contribution in [2.75, 3.05) is 20.1 Å². The molecule has 1 amide bonds. The van der Waals surface area contributed by atoms with Gasteiger partial charge in [0.15, 0.2) is 0 Å². The average Bonchev–Trinajstić information content (AvgIpc) is 3.15. The van der Waals surface area contributed by atoms with E-state index in [0.29, 0.717) is 36.2 Å². The van der Waals surface area contributed by atoms with Crippen LogP contribution < -0.4 is 10.5 Å². The zero-order chi connectivity index (χ0) is 16.1. The number of nitrogens with zero attached hydrogens (tertiary/aromatic N) is 1. The molecule has 2 fully saturated rings. The van der Waals surface area contributed by atoms with Gasteiger partial charge in [0.1, 0.15) is 5.76 Å². The van der Waals surface area contributed by atoms with Crippen LogP contribution in [0.5, 0.6) is 0 Å². The van der Waals surface area contributed by atoms with Gasteiger partial charge in [0.25, 0.3) is 15.9 Å². The number of nitrogens with two attached hydrogens (primary N) is 1. The van der Waals surface area contributed by atoms with Gasteiger partial charge in [-0.15, -0.1) is 0 Å². The van der Waals surface area contributed by atoms with E-state index >= 15 is 0 Å². The fourth-order valence-corrected chi connectivity index (χ4v) is 4.25. The molecule has 2 heterocycles. The number of nitrogens with one attached hydrogen (secondary N) is 1. The molecule has 1 aliphatic heterocycles. The highest BCUT2D eigenvalue weighted by Gasteiger charge is 2.43. The Bertz CT molecular complexity index is 697. The third-order valence-electron chi connectivity index (χ3n) is 4.86. The molecular formula is C14H21N3O4S. The van der Waals surface area contributed by atoms with E-state index in [1.54, 1.807) is 11.8 Å². The van der Waals surface area contributed by atoms with Gasteiger partial charge in [0, 0.05) is 25.2 Å². The molecule has 1 aromatic rings. The summed E-state index contributed by atoms with van der Waals surface area (Å²) in [6, 6.07) is 1.46. The summed E-state index contributed by atoms with van der Waals surface area (Å²) in [4.78, 5) is 14.4. The minimum absolute atomic E-state index is 0.161. The summed E-state index contributed by atoms with van der Waals surface area (Å²) in [5, 5.41) is -0.230. The molecule has 0 bridgehead atoms. The van der Waals surface area contributed by atoms with Gasteiger partial charge in [0.05, 0.1) is 5.56 Å². The number of likely N-dealkylation sites (tertiary alicyclic amines) is 1. The van der Waals surface area contributed by atoms with Crippen LogP contribution in [-0.2, 0) is 10.0 Å². The second-order valence-electron chi connectivity index (χ2n) is 6.12. The van der Waals surface area contributed by atoms with Crippen molar-refractivity contribution in [1.82, 2.24) is 9.62 Å². The predicted octanol–water partition coefficient (Wildman–Crippen LogP) is 0.305. The molecule has 3 atom stereocenters. The van der Waals surface area contributed by atoms with E-state index in [0.717, 1.165) is 12.8 Å². The van der Waals surface area contributed by atoms with Crippen molar-refractivity contribution in [1.29, 1.82) is 0 Å². The molecule has 0 aromatic carbocycles. The number of aryl methyl sites for hydroxylation is 1. The van der Waals surface area contributed by atoms with Crippen LogP contribution in [0.1, 0.15) is 29.0 Å².